The summed E-state index contributed by atoms with van der Waals surface area (Å²) in [7, 11) is 1.71. The van der Waals surface area contributed by atoms with E-state index in [0.717, 1.165) is 35.8 Å². The fourth-order valence-electron chi connectivity index (χ4n) is 3.33. The molecule has 0 radical (unpaired) electrons. The number of hydrogen-bond acceptors (Lipinski definition) is 4. The molecule has 2 saturated carbocycles. The van der Waals surface area contributed by atoms with E-state index in [9.17, 15) is 0 Å². The molecule has 2 N–H and O–H groups in total. The average molecular weight is 261 g/mol. The molecule has 0 bridgehead atoms. The van der Waals surface area contributed by atoms with Crippen molar-refractivity contribution in [2.75, 3.05) is 13.7 Å². The maximum atomic E-state index is 6.02. The van der Waals surface area contributed by atoms with E-state index >= 15 is 0 Å². The number of rotatable bonds is 4. The first kappa shape index (κ1) is 12.9. The Balaban J connectivity index is 2.03. The van der Waals surface area contributed by atoms with Gasteiger partial charge in [0.25, 0.3) is 0 Å². The van der Waals surface area contributed by atoms with Crippen molar-refractivity contribution in [1.82, 2.24) is 9.97 Å². The molecule has 2 aliphatic rings. The fourth-order valence-corrected chi connectivity index (χ4v) is 3.33. The third kappa shape index (κ3) is 1.93. The predicted molar refractivity (Wildman–Crippen MR) is 74.5 cm³/mol. The van der Waals surface area contributed by atoms with Gasteiger partial charge in [-0.3, -0.25) is 0 Å². The van der Waals surface area contributed by atoms with Crippen LogP contribution in [0.25, 0.3) is 0 Å². The SMILES string of the molecule is COc1nc(C2CCC2)nc(C)c1C1(CN)CCC1. The zero-order valence-corrected chi connectivity index (χ0v) is 11.9. The molecule has 0 aromatic carbocycles. The van der Waals surface area contributed by atoms with E-state index in [1.807, 2.05) is 0 Å². The van der Waals surface area contributed by atoms with Crippen molar-refractivity contribution in [2.24, 2.45) is 5.73 Å². The van der Waals surface area contributed by atoms with Crippen molar-refractivity contribution in [3.8, 4) is 5.88 Å². The lowest BCUT2D eigenvalue weighted by molar-refractivity contribution is 0.237. The Morgan fingerprint density at radius 1 is 1.26 bits per heavy atom. The summed E-state index contributed by atoms with van der Waals surface area (Å²) in [5.41, 5.74) is 8.31. The van der Waals surface area contributed by atoms with E-state index in [4.69, 9.17) is 15.5 Å². The maximum absolute atomic E-state index is 6.02. The summed E-state index contributed by atoms with van der Waals surface area (Å²) in [5.74, 6) is 2.27. The highest BCUT2D eigenvalue weighted by Gasteiger charge is 2.42. The van der Waals surface area contributed by atoms with Gasteiger partial charge < -0.3 is 10.5 Å². The van der Waals surface area contributed by atoms with Gasteiger partial charge in [-0.15, -0.1) is 0 Å². The molecule has 1 aromatic rings. The van der Waals surface area contributed by atoms with Crippen LogP contribution in [0.2, 0.25) is 0 Å². The predicted octanol–water partition coefficient (Wildman–Crippen LogP) is 2.44. The molecule has 1 aromatic heterocycles. The van der Waals surface area contributed by atoms with Gasteiger partial charge in [0, 0.05) is 29.1 Å². The lowest BCUT2D eigenvalue weighted by atomic mass is 9.64. The molecule has 0 amide bonds. The Bertz CT molecular complexity index is 473. The summed E-state index contributed by atoms with van der Waals surface area (Å²) in [6.45, 7) is 2.74. The van der Waals surface area contributed by atoms with E-state index in [1.54, 1.807) is 7.11 Å². The van der Waals surface area contributed by atoms with E-state index in [-0.39, 0.29) is 5.41 Å². The molecule has 0 aliphatic heterocycles. The standard InChI is InChI=1S/C15H23N3O/c1-10-12(15(9-16)7-4-8-15)14(19-2)18-13(17-10)11-5-3-6-11/h11H,3-9,16H2,1-2H3. The van der Waals surface area contributed by atoms with E-state index in [2.05, 4.69) is 11.9 Å². The van der Waals surface area contributed by atoms with Crippen LogP contribution in [-0.4, -0.2) is 23.6 Å². The molecular formula is C15H23N3O. The van der Waals surface area contributed by atoms with Gasteiger partial charge in [-0.25, -0.2) is 4.98 Å². The van der Waals surface area contributed by atoms with Gasteiger partial charge in [-0.1, -0.05) is 12.8 Å². The fraction of sp³-hybridized carbons (Fsp3) is 0.733. The molecule has 19 heavy (non-hydrogen) atoms. The van der Waals surface area contributed by atoms with Crippen LogP contribution in [0.5, 0.6) is 5.88 Å². The Morgan fingerprint density at radius 3 is 2.42 bits per heavy atom. The highest BCUT2D eigenvalue weighted by atomic mass is 16.5. The summed E-state index contributed by atoms with van der Waals surface area (Å²) in [6.07, 6.45) is 7.22. The van der Waals surface area contributed by atoms with Crippen molar-refractivity contribution in [1.29, 1.82) is 0 Å². The molecule has 0 unspecified atom stereocenters. The van der Waals surface area contributed by atoms with Gasteiger partial charge in [-0.05, 0) is 32.6 Å². The number of hydrogen-bond donors (Lipinski definition) is 1. The highest BCUT2D eigenvalue weighted by molar-refractivity contribution is 5.40. The van der Waals surface area contributed by atoms with Gasteiger partial charge in [0.2, 0.25) is 5.88 Å². The lowest BCUT2D eigenvalue weighted by Crippen LogP contribution is -2.43. The minimum Gasteiger partial charge on any atom is -0.481 e. The van der Waals surface area contributed by atoms with E-state index in [0.29, 0.717) is 12.5 Å². The second kappa shape index (κ2) is 4.75. The Kier molecular flexibility index (Phi) is 3.21. The minimum atomic E-state index is 0.0631. The van der Waals surface area contributed by atoms with Crippen LogP contribution in [0.4, 0.5) is 0 Å². The van der Waals surface area contributed by atoms with Crippen molar-refractivity contribution in [2.45, 2.75) is 56.8 Å². The van der Waals surface area contributed by atoms with Crippen LogP contribution in [0.15, 0.2) is 0 Å². The average Bonchev–Trinajstić information content (AvgIpc) is 2.28. The van der Waals surface area contributed by atoms with Crippen LogP contribution in [0, 0.1) is 6.92 Å². The van der Waals surface area contributed by atoms with Crippen LogP contribution in [0.3, 0.4) is 0 Å². The molecule has 4 heteroatoms. The van der Waals surface area contributed by atoms with Gasteiger partial charge in [0.15, 0.2) is 0 Å². The second-order valence-corrected chi connectivity index (χ2v) is 6.02. The molecule has 3 rings (SSSR count). The van der Waals surface area contributed by atoms with Gasteiger partial charge in [-0.2, -0.15) is 4.98 Å². The largest absolute Gasteiger partial charge is 0.481 e. The summed E-state index contributed by atoms with van der Waals surface area (Å²) in [4.78, 5) is 9.43. The van der Waals surface area contributed by atoms with Crippen LogP contribution in [0.1, 0.15) is 61.5 Å². The van der Waals surface area contributed by atoms with Crippen molar-refractivity contribution in [3.05, 3.63) is 17.1 Å². The van der Waals surface area contributed by atoms with Gasteiger partial charge in [0.1, 0.15) is 5.82 Å². The first-order valence-corrected chi connectivity index (χ1v) is 7.33. The quantitative estimate of drug-likeness (QED) is 0.904. The highest BCUT2D eigenvalue weighted by Crippen LogP contribution is 2.47. The zero-order valence-electron chi connectivity index (χ0n) is 11.9. The normalized spacial score (nSPS) is 21.6. The Labute approximate surface area is 114 Å². The molecule has 0 saturated heterocycles. The topological polar surface area (TPSA) is 61.0 Å². The van der Waals surface area contributed by atoms with Crippen molar-refractivity contribution >= 4 is 0 Å². The Morgan fingerprint density at radius 2 is 2.00 bits per heavy atom. The van der Waals surface area contributed by atoms with E-state index < -0.39 is 0 Å². The Hall–Kier alpha value is -1.16. The number of nitrogens with zero attached hydrogens (tertiary/aromatic N) is 2. The minimum absolute atomic E-state index is 0.0631. The maximum Gasteiger partial charge on any atom is 0.220 e. The summed E-state index contributed by atoms with van der Waals surface area (Å²) < 4.78 is 5.56. The number of ether oxygens (including phenoxy) is 1. The van der Waals surface area contributed by atoms with Gasteiger partial charge >= 0.3 is 0 Å². The van der Waals surface area contributed by atoms with Crippen LogP contribution in [-0.2, 0) is 5.41 Å². The van der Waals surface area contributed by atoms with Crippen molar-refractivity contribution in [3.63, 3.8) is 0 Å². The van der Waals surface area contributed by atoms with Gasteiger partial charge in [0.05, 0.1) is 7.11 Å². The molecule has 4 nitrogen and oxygen atoms in total. The molecule has 2 fully saturated rings. The molecular weight excluding hydrogens is 238 g/mol. The van der Waals surface area contributed by atoms with Crippen LogP contribution >= 0.6 is 0 Å². The third-order valence-electron chi connectivity index (χ3n) is 4.97. The van der Waals surface area contributed by atoms with Crippen LogP contribution < -0.4 is 10.5 Å². The number of aryl methyl sites for hydroxylation is 1. The molecule has 1 heterocycles. The first-order valence-electron chi connectivity index (χ1n) is 7.33. The van der Waals surface area contributed by atoms with E-state index in [1.165, 1.54) is 25.7 Å². The summed E-state index contributed by atoms with van der Waals surface area (Å²) >= 11 is 0. The number of aromatic nitrogens is 2. The zero-order chi connectivity index (χ0) is 13.5. The molecule has 2 aliphatic carbocycles. The molecule has 0 spiro atoms. The number of nitrogens with two attached hydrogens (primary N) is 1. The monoisotopic (exact) mass is 261 g/mol. The van der Waals surface area contributed by atoms with Crippen molar-refractivity contribution < 1.29 is 4.74 Å². The molecule has 0 atom stereocenters. The lowest BCUT2D eigenvalue weighted by Gasteiger charge is -2.42. The number of methoxy groups -OCH3 is 1. The molecule has 104 valence electrons. The second-order valence-electron chi connectivity index (χ2n) is 6.02. The first-order chi connectivity index (χ1) is 9.20. The summed E-state index contributed by atoms with van der Waals surface area (Å²) in [6, 6.07) is 0. The third-order valence-corrected chi connectivity index (χ3v) is 4.97. The smallest absolute Gasteiger partial charge is 0.220 e. The summed E-state index contributed by atoms with van der Waals surface area (Å²) in [5, 5.41) is 0.